The first-order valence-electron chi connectivity index (χ1n) is 6.83. The van der Waals surface area contributed by atoms with Crippen LogP contribution in [0, 0.1) is 0 Å². The number of carbonyl (C=O) groups excluding carboxylic acids is 1. The van der Waals surface area contributed by atoms with Crippen LogP contribution < -0.4 is 15.5 Å². The monoisotopic (exact) mass is 279 g/mol. The molecule has 2 N–H and O–H groups in total. The molecule has 1 aliphatic heterocycles. The molecule has 7 heteroatoms. The van der Waals surface area contributed by atoms with Crippen LogP contribution in [0.1, 0.15) is 19.7 Å². The molecule has 1 amide bonds. The van der Waals surface area contributed by atoms with E-state index in [1.165, 1.54) is 0 Å². The lowest BCUT2D eigenvalue weighted by atomic mass is 10.2. The van der Waals surface area contributed by atoms with E-state index in [0.717, 1.165) is 18.2 Å². The van der Waals surface area contributed by atoms with Gasteiger partial charge in [-0.15, -0.1) is 0 Å². The average molecular weight is 279 g/mol. The molecule has 7 nitrogen and oxygen atoms in total. The predicted molar refractivity (Wildman–Crippen MR) is 76.7 cm³/mol. The molecule has 1 saturated heterocycles. The molecule has 0 aliphatic carbocycles. The maximum Gasteiger partial charge on any atom is 0.242 e. The van der Waals surface area contributed by atoms with E-state index in [0.29, 0.717) is 25.6 Å². The van der Waals surface area contributed by atoms with Gasteiger partial charge in [-0.1, -0.05) is 0 Å². The number of aromatic nitrogens is 2. The van der Waals surface area contributed by atoms with Crippen LogP contribution in [0.4, 0.5) is 11.6 Å². The smallest absolute Gasteiger partial charge is 0.242 e. The zero-order valence-corrected chi connectivity index (χ0v) is 12.1. The normalized spacial score (nSPS) is 18.9. The third-order valence-corrected chi connectivity index (χ3v) is 3.24. The van der Waals surface area contributed by atoms with Crippen molar-refractivity contribution in [1.29, 1.82) is 0 Å². The summed E-state index contributed by atoms with van der Waals surface area (Å²) in [6, 6.07) is 1.62. The van der Waals surface area contributed by atoms with Crippen LogP contribution in [-0.4, -0.2) is 48.7 Å². The number of piperazine rings is 1. The molecule has 0 bridgehead atoms. The van der Waals surface area contributed by atoms with E-state index in [-0.39, 0.29) is 11.9 Å². The molecule has 110 valence electrons. The summed E-state index contributed by atoms with van der Waals surface area (Å²) in [5.41, 5.74) is 0. The predicted octanol–water partition coefficient (Wildman–Crippen LogP) is 0.380. The second-order valence-electron chi connectivity index (χ2n) is 4.58. The summed E-state index contributed by atoms with van der Waals surface area (Å²) in [6.45, 7) is 6.15. The van der Waals surface area contributed by atoms with Gasteiger partial charge in [0.05, 0.1) is 0 Å². The molecule has 0 radical (unpaired) electrons. The van der Waals surface area contributed by atoms with E-state index in [4.69, 9.17) is 4.74 Å². The van der Waals surface area contributed by atoms with Crippen LogP contribution in [0.2, 0.25) is 0 Å². The number of rotatable bonds is 5. The lowest BCUT2D eigenvalue weighted by Crippen LogP contribution is -2.54. The topological polar surface area (TPSA) is 79.4 Å². The first-order chi connectivity index (χ1) is 9.65. The van der Waals surface area contributed by atoms with Crippen molar-refractivity contribution in [3.05, 3.63) is 11.9 Å². The molecular formula is C13H21N5O2. The van der Waals surface area contributed by atoms with Crippen molar-refractivity contribution in [1.82, 2.24) is 15.3 Å². The molecule has 1 aromatic rings. The van der Waals surface area contributed by atoms with Gasteiger partial charge in [-0.25, -0.2) is 9.97 Å². The van der Waals surface area contributed by atoms with Gasteiger partial charge in [0.15, 0.2) is 5.82 Å². The quantitative estimate of drug-likeness (QED) is 0.811. The van der Waals surface area contributed by atoms with Crippen molar-refractivity contribution < 1.29 is 9.53 Å². The van der Waals surface area contributed by atoms with E-state index in [1.54, 1.807) is 0 Å². The number of nitrogens with zero attached hydrogens (tertiary/aromatic N) is 3. The molecular weight excluding hydrogens is 258 g/mol. The van der Waals surface area contributed by atoms with Crippen molar-refractivity contribution in [3.8, 4) is 0 Å². The number of hydrogen-bond acceptors (Lipinski definition) is 6. The molecule has 0 saturated carbocycles. The maximum absolute atomic E-state index is 11.8. The largest absolute Gasteiger partial charge is 0.374 e. The number of carbonyl (C=O) groups is 1. The molecule has 0 spiro atoms. The molecule has 1 aromatic heterocycles. The minimum atomic E-state index is -0.233. The van der Waals surface area contributed by atoms with Crippen molar-refractivity contribution >= 4 is 17.5 Å². The highest BCUT2D eigenvalue weighted by molar-refractivity contribution is 5.85. The van der Waals surface area contributed by atoms with Gasteiger partial charge in [-0.2, -0.15) is 0 Å². The van der Waals surface area contributed by atoms with Crippen molar-refractivity contribution in [2.75, 3.05) is 37.0 Å². The SMILES string of the molecule is CCOCc1nc(NC)cc(N2CCNC(=O)C2C)n1. The van der Waals surface area contributed by atoms with Gasteiger partial charge < -0.3 is 20.3 Å². The van der Waals surface area contributed by atoms with E-state index in [2.05, 4.69) is 20.6 Å². The minimum absolute atomic E-state index is 0.0206. The highest BCUT2D eigenvalue weighted by Gasteiger charge is 2.27. The van der Waals surface area contributed by atoms with Crippen molar-refractivity contribution in [2.24, 2.45) is 0 Å². The van der Waals surface area contributed by atoms with Crippen LogP contribution in [0.5, 0.6) is 0 Å². The Kier molecular flexibility index (Phi) is 4.73. The highest BCUT2D eigenvalue weighted by atomic mass is 16.5. The van der Waals surface area contributed by atoms with Crippen LogP contribution in [0.25, 0.3) is 0 Å². The Morgan fingerprint density at radius 2 is 2.35 bits per heavy atom. The van der Waals surface area contributed by atoms with Gasteiger partial charge in [0.1, 0.15) is 24.3 Å². The summed E-state index contributed by atoms with van der Waals surface area (Å²) in [6.07, 6.45) is 0. The second-order valence-corrected chi connectivity index (χ2v) is 4.58. The molecule has 1 fully saturated rings. The number of ether oxygens (including phenoxy) is 1. The second kappa shape index (κ2) is 6.51. The van der Waals surface area contributed by atoms with E-state index < -0.39 is 0 Å². The zero-order chi connectivity index (χ0) is 14.5. The van der Waals surface area contributed by atoms with Crippen molar-refractivity contribution in [2.45, 2.75) is 26.5 Å². The average Bonchev–Trinajstić information content (AvgIpc) is 2.47. The Labute approximate surface area is 118 Å². The first kappa shape index (κ1) is 14.5. The Hall–Kier alpha value is -1.89. The summed E-state index contributed by atoms with van der Waals surface area (Å²) in [4.78, 5) is 22.6. The minimum Gasteiger partial charge on any atom is -0.374 e. The number of hydrogen-bond donors (Lipinski definition) is 2. The van der Waals surface area contributed by atoms with Gasteiger partial charge in [0, 0.05) is 32.8 Å². The number of anilines is 2. The molecule has 1 aliphatic rings. The fraction of sp³-hybridized carbons (Fsp3) is 0.615. The van der Waals surface area contributed by atoms with Gasteiger partial charge >= 0.3 is 0 Å². The van der Waals surface area contributed by atoms with E-state index >= 15 is 0 Å². The summed E-state index contributed by atoms with van der Waals surface area (Å²) >= 11 is 0. The molecule has 0 aromatic carbocycles. The number of amides is 1. The standard InChI is InChI=1S/C13H21N5O2/c1-4-20-8-11-16-10(14-3)7-12(17-11)18-6-5-15-13(19)9(18)2/h7,9H,4-6,8H2,1-3H3,(H,15,19)(H,14,16,17). The van der Waals surface area contributed by atoms with E-state index in [1.807, 2.05) is 31.9 Å². The molecule has 1 atom stereocenters. The third-order valence-electron chi connectivity index (χ3n) is 3.24. The van der Waals surface area contributed by atoms with Crippen LogP contribution in [0.15, 0.2) is 6.07 Å². The summed E-state index contributed by atoms with van der Waals surface area (Å²) in [5, 5.41) is 5.86. The van der Waals surface area contributed by atoms with Gasteiger partial charge in [-0.3, -0.25) is 4.79 Å². The Morgan fingerprint density at radius 1 is 1.55 bits per heavy atom. The Morgan fingerprint density at radius 3 is 3.05 bits per heavy atom. The zero-order valence-electron chi connectivity index (χ0n) is 12.1. The van der Waals surface area contributed by atoms with Gasteiger partial charge in [-0.05, 0) is 13.8 Å². The van der Waals surface area contributed by atoms with Crippen molar-refractivity contribution in [3.63, 3.8) is 0 Å². The fourth-order valence-electron chi connectivity index (χ4n) is 2.11. The highest BCUT2D eigenvalue weighted by Crippen LogP contribution is 2.19. The summed E-state index contributed by atoms with van der Waals surface area (Å²) in [5.74, 6) is 2.11. The fourth-order valence-corrected chi connectivity index (χ4v) is 2.11. The van der Waals surface area contributed by atoms with Crippen LogP contribution in [0.3, 0.4) is 0 Å². The van der Waals surface area contributed by atoms with Crippen LogP contribution in [-0.2, 0) is 16.1 Å². The Bertz CT molecular complexity index is 480. The first-order valence-corrected chi connectivity index (χ1v) is 6.83. The molecule has 20 heavy (non-hydrogen) atoms. The third kappa shape index (κ3) is 3.16. The lowest BCUT2D eigenvalue weighted by molar-refractivity contribution is -0.122. The summed E-state index contributed by atoms with van der Waals surface area (Å²) < 4.78 is 5.36. The molecule has 2 heterocycles. The van der Waals surface area contributed by atoms with E-state index in [9.17, 15) is 4.79 Å². The maximum atomic E-state index is 11.8. The molecule has 2 rings (SSSR count). The van der Waals surface area contributed by atoms with Gasteiger partial charge in [0.2, 0.25) is 5.91 Å². The molecule has 1 unspecified atom stereocenters. The van der Waals surface area contributed by atoms with Crippen LogP contribution >= 0.6 is 0 Å². The number of nitrogens with one attached hydrogen (secondary N) is 2. The lowest BCUT2D eigenvalue weighted by Gasteiger charge is -2.34. The summed E-state index contributed by atoms with van der Waals surface area (Å²) in [7, 11) is 1.81. The van der Waals surface area contributed by atoms with Gasteiger partial charge in [0.25, 0.3) is 0 Å². The Balaban J connectivity index is 2.27.